The molecule has 0 aromatic heterocycles. The number of rotatable bonds is 10. The van der Waals surface area contributed by atoms with Crippen molar-refractivity contribution >= 4 is 35.2 Å². The van der Waals surface area contributed by atoms with Crippen LogP contribution < -0.4 is 5.32 Å². The average Bonchev–Trinajstić information content (AvgIpc) is 2.63. The molecule has 7 heteroatoms. The van der Waals surface area contributed by atoms with E-state index in [1.54, 1.807) is 6.92 Å². The van der Waals surface area contributed by atoms with E-state index in [1.807, 2.05) is 32.0 Å². The smallest absolute Gasteiger partial charge is 0.231 e. The number of carbonyl (C=O) groups excluding carboxylic acids is 4. The molecule has 150 valence electrons. The Morgan fingerprint density at radius 1 is 1.11 bits per heavy atom. The van der Waals surface area contributed by atoms with Crippen LogP contribution in [0, 0.1) is 31.1 Å². The lowest BCUT2D eigenvalue weighted by Crippen LogP contribution is -2.43. The summed E-state index contributed by atoms with van der Waals surface area (Å²) in [4.78, 5) is 52.9. The van der Waals surface area contributed by atoms with Crippen LogP contribution in [0.25, 0.3) is 0 Å². The largest absolute Gasteiger partial charge is 0.359 e. The summed E-state index contributed by atoms with van der Waals surface area (Å²) < 4.78 is 0. The van der Waals surface area contributed by atoms with Gasteiger partial charge in [-0.25, -0.2) is 0 Å². The molecule has 0 aliphatic heterocycles. The van der Waals surface area contributed by atoms with E-state index in [2.05, 4.69) is 10.3 Å². The standard InChI is InChI=1S/C21H27N3O4/c1-6-24-11-17(19(26)14(4)25)18(22)20(27)16(21(28)23-5)10-15-8-12(2)7-13(3)9-15/h7-9,11,16-17,22H,6,10H2,1-5H3,(H,23,28). The van der Waals surface area contributed by atoms with Gasteiger partial charge in [-0.3, -0.25) is 24.2 Å². The molecule has 0 spiro atoms. The molecule has 0 saturated carbocycles. The maximum absolute atomic E-state index is 12.9. The molecule has 0 bridgehead atoms. The number of ketones is 3. The number of aliphatic imine (C=N–C) groups is 1. The molecule has 1 rings (SSSR count). The molecule has 1 amide bonds. The molecular formula is C21H27N3O4. The number of nitrogens with one attached hydrogen (secondary N) is 2. The van der Waals surface area contributed by atoms with Gasteiger partial charge in [0, 0.05) is 26.7 Å². The van der Waals surface area contributed by atoms with Gasteiger partial charge in [0.2, 0.25) is 11.7 Å². The number of benzene rings is 1. The summed E-state index contributed by atoms with van der Waals surface area (Å²) in [7, 11) is 1.41. The average molecular weight is 385 g/mol. The third kappa shape index (κ3) is 6.04. The molecule has 2 N–H and O–H groups in total. The van der Waals surface area contributed by atoms with E-state index < -0.39 is 40.8 Å². The Kier molecular flexibility index (Phi) is 8.57. The van der Waals surface area contributed by atoms with Crippen LogP contribution >= 0.6 is 0 Å². The molecule has 7 nitrogen and oxygen atoms in total. The summed E-state index contributed by atoms with van der Waals surface area (Å²) >= 11 is 0. The normalized spacial score (nSPS) is 13.0. The van der Waals surface area contributed by atoms with Crippen molar-refractivity contribution in [2.24, 2.45) is 16.8 Å². The van der Waals surface area contributed by atoms with Gasteiger partial charge in [-0.05, 0) is 32.8 Å². The second-order valence-electron chi connectivity index (χ2n) is 6.69. The molecule has 28 heavy (non-hydrogen) atoms. The molecular weight excluding hydrogens is 358 g/mol. The van der Waals surface area contributed by atoms with Crippen molar-refractivity contribution in [1.82, 2.24) is 5.32 Å². The topological polar surface area (TPSA) is 117 Å². The van der Waals surface area contributed by atoms with Crippen LogP contribution in [-0.4, -0.2) is 48.8 Å². The Labute approximate surface area is 165 Å². The first kappa shape index (κ1) is 23.1. The predicted molar refractivity (Wildman–Crippen MR) is 108 cm³/mol. The second kappa shape index (κ2) is 10.4. The van der Waals surface area contributed by atoms with E-state index in [0.29, 0.717) is 6.54 Å². The van der Waals surface area contributed by atoms with Crippen molar-refractivity contribution in [3.63, 3.8) is 0 Å². The highest BCUT2D eigenvalue weighted by atomic mass is 16.2. The number of carbonyl (C=O) groups is 4. The molecule has 0 radical (unpaired) electrons. The van der Waals surface area contributed by atoms with E-state index in [4.69, 9.17) is 5.41 Å². The third-order valence-corrected chi connectivity index (χ3v) is 4.24. The van der Waals surface area contributed by atoms with E-state index in [0.717, 1.165) is 29.8 Å². The van der Waals surface area contributed by atoms with Gasteiger partial charge in [-0.2, -0.15) is 0 Å². The maximum Gasteiger partial charge on any atom is 0.231 e. The van der Waals surface area contributed by atoms with Crippen LogP contribution in [0.15, 0.2) is 23.2 Å². The maximum atomic E-state index is 12.9. The van der Waals surface area contributed by atoms with Gasteiger partial charge in [0.25, 0.3) is 0 Å². The van der Waals surface area contributed by atoms with Crippen LogP contribution in [-0.2, 0) is 25.6 Å². The molecule has 0 heterocycles. The molecule has 0 saturated heterocycles. The van der Waals surface area contributed by atoms with Crippen molar-refractivity contribution < 1.29 is 19.2 Å². The Balaban J connectivity index is 3.24. The van der Waals surface area contributed by atoms with E-state index in [-0.39, 0.29) is 6.42 Å². The highest BCUT2D eigenvalue weighted by Crippen LogP contribution is 2.17. The van der Waals surface area contributed by atoms with Crippen LogP contribution in [0.3, 0.4) is 0 Å². The quantitative estimate of drug-likeness (QED) is 0.362. The van der Waals surface area contributed by atoms with Crippen LogP contribution in [0.2, 0.25) is 0 Å². The molecule has 0 fully saturated rings. The summed E-state index contributed by atoms with van der Waals surface area (Å²) in [5.74, 6) is -5.54. The molecule has 1 aromatic carbocycles. The number of nitrogens with zero attached hydrogens (tertiary/aromatic N) is 1. The first-order chi connectivity index (χ1) is 13.1. The molecule has 1 aromatic rings. The number of aryl methyl sites for hydroxylation is 2. The Morgan fingerprint density at radius 3 is 2.14 bits per heavy atom. The van der Waals surface area contributed by atoms with Gasteiger partial charge in [-0.15, -0.1) is 0 Å². The summed E-state index contributed by atoms with van der Waals surface area (Å²) in [6.45, 7) is 6.98. The van der Waals surface area contributed by atoms with Gasteiger partial charge in [0.15, 0.2) is 11.6 Å². The fourth-order valence-corrected chi connectivity index (χ4v) is 2.95. The van der Waals surface area contributed by atoms with Gasteiger partial charge in [0.1, 0.15) is 11.8 Å². The second-order valence-corrected chi connectivity index (χ2v) is 6.69. The van der Waals surface area contributed by atoms with E-state index >= 15 is 0 Å². The van der Waals surface area contributed by atoms with Gasteiger partial charge in [0.05, 0.1) is 5.71 Å². The van der Waals surface area contributed by atoms with E-state index in [9.17, 15) is 19.2 Å². The summed E-state index contributed by atoms with van der Waals surface area (Å²) in [6.07, 6.45) is 1.23. The van der Waals surface area contributed by atoms with Crippen molar-refractivity contribution in [3.05, 3.63) is 34.9 Å². The summed E-state index contributed by atoms with van der Waals surface area (Å²) in [5, 5.41) is 10.7. The zero-order chi connectivity index (χ0) is 21.4. The van der Waals surface area contributed by atoms with Crippen molar-refractivity contribution in [2.45, 2.75) is 34.1 Å². The number of hydrogen-bond acceptors (Lipinski definition) is 6. The minimum Gasteiger partial charge on any atom is -0.359 e. The van der Waals surface area contributed by atoms with E-state index in [1.165, 1.54) is 7.05 Å². The molecule has 0 aliphatic carbocycles. The van der Waals surface area contributed by atoms with Crippen LogP contribution in [0.5, 0.6) is 0 Å². The minimum absolute atomic E-state index is 0.0926. The first-order valence-corrected chi connectivity index (χ1v) is 9.08. The van der Waals surface area contributed by atoms with Gasteiger partial charge in [-0.1, -0.05) is 29.3 Å². The monoisotopic (exact) mass is 385 g/mol. The minimum atomic E-state index is -1.38. The highest BCUT2D eigenvalue weighted by molar-refractivity contribution is 6.55. The zero-order valence-electron chi connectivity index (χ0n) is 17.0. The Morgan fingerprint density at radius 2 is 1.68 bits per heavy atom. The summed E-state index contributed by atoms with van der Waals surface area (Å²) in [6, 6.07) is 5.72. The Hall–Kier alpha value is -2.96. The lowest BCUT2D eigenvalue weighted by molar-refractivity contribution is -0.135. The van der Waals surface area contributed by atoms with Crippen LogP contribution in [0.1, 0.15) is 30.5 Å². The number of Topliss-reactive ketones (excluding diaryl/α,β-unsaturated/α-hetero) is 3. The molecule has 2 unspecified atom stereocenters. The van der Waals surface area contributed by atoms with Gasteiger partial charge >= 0.3 is 0 Å². The molecule has 2 atom stereocenters. The van der Waals surface area contributed by atoms with Crippen molar-refractivity contribution in [3.8, 4) is 0 Å². The molecule has 0 aliphatic rings. The highest BCUT2D eigenvalue weighted by Gasteiger charge is 2.36. The fraction of sp³-hybridized carbons (Fsp3) is 0.429. The Bertz CT molecular complexity index is 807. The van der Waals surface area contributed by atoms with Crippen molar-refractivity contribution in [2.75, 3.05) is 13.6 Å². The predicted octanol–water partition coefficient (Wildman–Crippen LogP) is 1.66. The third-order valence-electron chi connectivity index (χ3n) is 4.24. The number of hydrogen-bond donors (Lipinski definition) is 2. The summed E-state index contributed by atoms with van der Waals surface area (Å²) in [5.41, 5.74) is 2.17. The number of amides is 1. The van der Waals surface area contributed by atoms with Crippen molar-refractivity contribution in [1.29, 1.82) is 5.41 Å². The van der Waals surface area contributed by atoms with Crippen LogP contribution in [0.4, 0.5) is 0 Å². The SMILES string of the molecule is CCN=CC(C(=N)C(=O)C(Cc1cc(C)cc(C)c1)C(=O)NC)C(=O)C(C)=O. The lowest BCUT2D eigenvalue weighted by atomic mass is 9.85. The fourth-order valence-electron chi connectivity index (χ4n) is 2.95. The van der Waals surface area contributed by atoms with Gasteiger partial charge < -0.3 is 10.7 Å². The lowest BCUT2D eigenvalue weighted by Gasteiger charge is -2.18. The first-order valence-electron chi connectivity index (χ1n) is 9.08. The zero-order valence-corrected chi connectivity index (χ0v) is 17.0.